The first-order valence-electron chi connectivity index (χ1n) is 7.14. The summed E-state index contributed by atoms with van der Waals surface area (Å²) < 4.78 is 33.1. The van der Waals surface area contributed by atoms with E-state index in [9.17, 15) is 18.0 Å². The van der Waals surface area contributed by atoms with Crippen molar-refractivity contribution in [1.82, 2.24) is 19.9 Å². The van der Waals surface area contributed by atoms with Crippen molar-refractivity contribution in [3.05, 3.63) is 40.4 Å². The van der Waals surface area contributed by atoms with Gasteiger partial charge in [-0.1, -0.05) is 0 Å². The van der Waals surface area contributed by atoms with Crippen molar-refractivity contribution in [3.8, 4) is 0 Å². The van der Waals surface area contributed by atoms with Gasteiger partial charge in [-0.2, -0.15) is 22.8 Å². The molecule has 2 aromatic heterocycles. The first kappa shape index (κ1) is 17.9. The number of alkyl halides is 3. The lowest BCUT2D eigenvalue weighted by molar-refractivity contribution is -0.192. The second kappa shape index (κ2) is 7.39. The van der Waals surface area contributed by atoms with E-state index in [2.05, 4.69) is 15.4 Å². The van der Waals surface area contributed by atoms with Crippen molar-refractivity contribution < 1.29 is 23.1 Å². The quantitative estimate of drug-likeness (QED) is 0.807. The number of carboxylic acids is 1. The molecule has 1 aliphatic heterocycles. The average molecular weight is 344 g/mol. The van der Waals surface area contributed by atoms with E-state index in [0.717, 1.165) is 31.5 Å². The minimum absolute atomic E-state index is 0.120. The molecule has 0 saturated carbocycles. The molecular formula is C14H15F3N4O3. The summed E-state index contributed by atoms with van der Waals surface area (Å²) in [5, 5.41) is 14.5. The number of piperidine rings is 1. The number of aromatic nitrogens is 3. The predicted octanol–water partition coefficient (Wildman–Crippen LogP) is 1.19. The van der Waals surface area contributed by atoms with Crippen molar-refractivity contribution in [3.63, 3.8) is 0 Å². The maximum absolute atomic E-state index is 11.7. The second-order valence-electron chi connectivity index (χ2n) is 5.13. The highest BCUT2D eigenvalue weighted by Crippen LogP contribution is 2.26. The summed E-state index contributed by atoms with van der Waals surface area (Å²) in [6.07, 6.45) is 0.340. The Bertz CT molecular complexity index is 770. The summed E-state index contributed by atoms with van der Waals surface area (Å²) in [4.78, 5) is 24.9. The zero-order valence-corrected chi connectivity index (χ0v) is 12.5. The van der Waals surface area contributed by atoms with Crippen molar-refractivity contribution in [2.45, 2.75) is 24.9 Å². The van der Waals surface area contributed by atoms with Crippen LogP contribution in [0.25, 0.3) is 5.65 Å². The number of hydrogen-bond donors (Lipinski definition) is 2. The molecule has 0 aliphatic carbocycles. The Morgan fingerprint density at radius 1 is 1.25 bits per heavy atom. The van der Waals surface area contributed by atoms with Crippen LogP contribution in [0, 0.1) is 0 Å². The molecule has 0 spiro atoms. The molecule has 24 heavy (non-hydrogen) atoms. The lowest BCUT2D eigenvalue weighted by Gasteiger charge is -2.23. The van der Waals surface area contributed by atoms with Gasteiger partial charge in [0.1, 0.15) is 0 Å². The lowest BCUT2D eigenvalue weighted by atomic mass is 9.91. The Kier molecular flexibility index (Phi) is 5.50. The van der Waals surface area contributed by atoms with Crippen LogP contribution >= 0.6 is 0 Å². The number of aliphatic carboxylic acids is 1. The zero-order chi connectivity index (χ0) is 17.7. The third-order valence-corrected chi connectivity index (χ3v) is 3.54. The zero-order valence-electron chi connectivity index (χ0n) is 12.5. The SMILES string of the molecule is O=C(O)C(F)(F)F.O=c1ccnc2c(C3CCNCC3)ccnn12. The van der Waals surface area contributed by atoms with Gasteiger partial charge in [0.05, 0.1) is 0 Å². The molecule has 0 unspecified atom stereocenters. The Balaban J connectivity index is 0.000000256. The minimum Gasteiger partial charge on any atom is -0.475 e. The highest BCUT2D eigenvalue weighted by molar-refractivity contribution is 5.73. The fraction of sp³-hybridized carbons (Fsp3) is 0.429. The molecule has 0 bridgehead atoms. The van der Waals surface area contributed by atoms with E-state index in [4.69, 9.17) is 9.90 Å². The third kappa shape index (κ3) is 4.28. The molecule has 10 heteroatoms. The van der Waals surface area contributed by atoms with Crippen molar-refractivity contribution >= 4 is 11.6 Å². The van der Waals surface area contributed by atoms with E-state index >= 15 is 0 Å². The van der Waals surface area contributed by atoms with Crippen LogP contribution in [0.5, 0.6) is 0 Å². The number of nitrogens with one attached hydrogen (secondary N) is 1. The van der Waals surface area contributed by atoms with Crippen LogP contribution in [-0.4, -0.2) is 44.9 Å². The minimum atomic E-state index is -5.08. The first-order chi connectivity index (χ1) is 11.3. The number of carbonyl (C=O) groups is 1. The smallest absolute Gasteiger partial charge is 0.475 e. The fourth-order valence-electron chi connectivity index (χ4n) is 2.42. The third-order valence-electron chi connectivity index (χ3n) is 3.54. The molecule has 3 rings (SSSR count). The van der Waals surface area contributed by atoms with Gasteiger partial charge < -0.3 is 10.4 Å². The molecule has 2 aromatic rings. The van der Waals surface area contributed by atoms with Crippen molar-refractivity contribution in [2.75, 3.05) is 13.1 Å². The van der Waals surface area contributed by atoms with E-state index in [1.54, 1.807) is 12.4 Å². The number of rotatable bonds is 1. The molecule has 0 atom stereocenters. The van der Waals surface area contributed by atoms with E-state index in [1.807, 2.05) is 6.07 Å². The molecule has 1 aliphatic rings. The van der Waals surface area contributed by atoms with Crippen molar-refractivity contribution in [1.29, 1.82) is 0 Å². The van der Waals surface area contributed by atoms with Gasteiger partial charge in [-0.05, 0) is 37.9 Å². The molecule has 130 valence electrons. The van der Waals surface area contributed by atoms with Gasteiger partial charge in [0, 0.05) is 24.0 Å². The first-order valence-corrected chi connectivity index (χ1v) is 7.14. The number of halogens is 3. The van der Waals surface area contributed by atoms with Crippen LogP contribution < -0.4 is 10.9 Å². The summed E-state index contributed by atoms with van der Waals surface area (Å²) >= 11 is 0. The summed E-state index contributed by atoms with van der Waals surface area (Å²) in [7, 11) is 0. The van der Waals surface area contributed by atoms with Gasteiger partial charge in [0.2, 0.25) is 0 Å². The van der Waals surface area contributed by atoms with Gasteiger partial charge in [-0.3, -0.25) is 4.79 Å². The maximum atomic E-state index is 11.7. The number of nitrogens with zero attached hydrogens (tertiary/aromatic N) is 3. The molecule has 7 nitrogen and oxygen atoms in total. The Morgan fingerprint density at radius 3 is 2.46 bits per heavy atom. The maximum Gasteiger partial charge on any atom is 0.490 e. The van der Waals surface area contributed by atoms with E-state index < -0.39 is 12.1 Å². The van der Waals surface area contributed by atoms with E-state index in [-0.39, 0.29) is 5.56 Å². The average Bonchev–Trinajstić information content (AvgIpc) is 2.55. The largest absolute Gasteiger partial charge is 0.490 e. The monoisotopic (exact) mass is 344 g/mol. The molecule has 1 fully saturated rings. The predicted molar refractivity (Wildman–Crippen MR) is 77.8 cm³/mol. The Labute approximate surface area is 134 Å². The van der Waals surface area contributed by atoms with Crippen molar-refractivity contribution in [2.24, 2.45) is 0 Å². The Morgan fingerprint density at radius 2 is 1.88 bits per heavy atom. The van der Waals surface area contributed by atoms with Gasteiger partial charge >= 0.3 is 12.1 Å². The van der Waals surface area contributed by atoms with Crippen LogP contribution in [-0.2, 0) is 4.79 Å². The molecule has 1 saturated heterocycles. The summed E-state index contributed by atoms with van der Waals surface area (Å²) in [5.74, 6) is -2.28. The van der Waals surface area contributed by atoms with Gasteiger partial charge in [-0.15, -0.1) is 0 Å². The van der Waals surface area contributed by atoms with Gasteiger partial charge in [-0.25, -0.2) is 9.78 Å². The Hall–Kier alpha value is -2.49. The fourth-order valence-corrected chi connectivity index (χ4v) is 2.42. The second-order valence-corrected chi connectivity index (χ2v) is 5.13. The molecule has 2 N–H and O–H groups in total. The molecule has 3 heterocycles. The van der Waals surface area contributed by atoms with E-state index in [0.29, 0.717) is 11.6 Å². The molecule has 0 aromatic carbocycles. The summed E-state index contributed by atoms with van der Waals surface area (Å²) in [6, 6.07) is 3.42. The van der Waals surface area contributed by atoms with E-state index in [1.165, 1.54) is 10.6 Å². The van der Waals surface area contributed by atoms with Gasteiger partial charge in [0.15, 0.2) is 5.65 Å². The molecular weight excluding hydrogens is 329 g/mol. The standard InChI is InChI=1S/C12H14N4O.C2HF3O2/c17-11-4-7-14-12-10(3-8-15-16(11)12)9-1-5-13-6-2-9;3-2(4,5)1(6)7/h3-4,7-9,13H,1-2,5-6H2;(H,6,7). The molecule has 0 radical (unpaired) electrons. The van der Waals surface area contributed by atoms with Gasteiger partial charge in [0.25, 0.3) is 5.56 Å². The molecule has 0 amide bonds. The normalized spacial score (nSPS) is 15.6. The lowest BCUT2D eigenvalue weighted by Crippen LogP contribution is -2.27. The van der Waals surface area contributed by atoms with Crippen LogP contribution in [0.3, 0.4) is 0 Å². The highest BCUT2D eigenvalue weighted by Gasteiger charge is 2.38. The topological polar surface area (TPSA) is 96.6 Å². The van der Waals surface area contributed by atoms with Crippen LogP contribution in [0.15, 0.2) is 29.3 Å². The summed E-state index contributed by atoms with van der Waals surface area (Å²) in [6.45, 7) is 2.05. The highest BCUT2D eigenvalue weighted by atomic mass is 19.4. The van der Waals surface area contributed by atoms with Crippen LogP contribution in [0.2, 0.25) is 0 Å². The van der Waals surface area contributed by atoms with Crippen LogP contribution in [0.4, 0.5) is 13.2 Å². The number of fused-ring (bicyclic) bond motifs is 1. The number of hydrogen-bond acceptors (Lipinski definition) is 5. The number of carboxylic acid groups (broad SMARTS) is 1. The van der Waals surface area contributed by atoms with Crippen LogP contribution in [0.1, 0.15) is 24.3 Å². The summed E-state index contributed by atoms with van der Waals surface area (Å²) in [5.41, 5.74) is 1.72.